The summed E-state index contributed by atoms with van der Waals surface area (Å²) in [6.07, 6.45) is 0.926. The number of hydrogen-bond acceptors (Lipinski definition) is 5. The molecule has 7 heteroatoms. The molecule has 1 aromatic heterocycles. The van der Waals surface area contributed by atoms with Gasteiger partial charge in [-0.1, -0.05) is 94.9 Å². The molecule has 188 valence electrons. The predicted molar refractivity (Wildman–Crippen MR) is 146 cm³/mol. The Morgan fingerprint density at radius 3 is 2.14 bits per heavy atom. The van der Waals surface area contributed by atoms with E-state index in [4.69, 9.17) is 0 Å². The Bertz CT molecular complexity index is 1080. The number of carbonyl (C=O) groups is 1. The topological polar surface area (TPSA) is 63.1 Å². The van der Waals surface area contributed by atoms with Gasteiger partial charge in [0.15, 0.2) is 11.0 Å². The number of anilines is 1. The van der Waals surface area contributed by atoms with Crippen LogP contribution in [-0.4, -0.2) is 45.4 Å². The smallest absolute Gasteiger partial charge is 0.234 e. The fourth-order valence-electron chi connectivity index (χ4n) is 4.35. The number of nitrogens with zero attached hydrogens (tertiary/aromatic N) is 4. The van der Waals surface area contributed by atoms with Crippen LogP contribution in [0.2, 0.25) is 0 Å². The van der Waals surface area contributed by atoms with Crippen molar-refractivity contribution in [2.75, 3.05) is 25.2 Å². The number of hydrogen-bond donors (Lipinski definition) is 1. The van der Waals surface area contributed by atoms with E-state index in [-0.39, 0.29) is 17.7 Å². The molecule has 0 fully saturated rings. The summed E-state index contributed by atoms with van der Waals surface area (Å²) in [6, 6.07) is 16.8. The van der Waals surface area contributed by atoms with Crippen molar-refractivity contribution in [3.63, 3.8) is 0 Å². The van der Waals surface area contributed by atoms with Crippen LogP contribution in [0.25, 0.3) is 0 Å². The molecule has 3 aromatic rings. The van der Waals surface area contributed by atoms with Gasteiger partial charge in [-0.25, -0.2) is 0 Å². The molecule has 6 nitrogen and oxygen atoms in total. The number of benzene rings is 2. The second-order valence-corrected chi connectivity index (χ2v) is 10.7. The zero-order valence-corrected chi connectivity index (χ0v) is 22.9. The first-order chi connectivity index (χ1) is 16.7. The molecule has 3 rings (SSSR count). The Kier molecular flexibility index (Phi) is 9.52. The summed E-state index contributed by atoms with van der Waals surface area (Å²) >= 11 is 1.44. The maximum absolute atomic E-state index is 13.1. The van der Waals surface area contributed by atoms with E-state index in [9.17, 15) is 4.79 Å². The highest BCUT2D eigenvalue weighted by atomic mass is 32.2. The third-order valence-electron chi connectivity index (χ3n) is 6.21. The van der Waals surface area contributed by atoms with Gasteiger partial charge in [-0.15, -0.1) is 10.2 Å². The van der Waals surface area contributed by atoms with Gasteiger partial charge in [0.25, 0.3) is 0 Å². The lowest BCUT2D eigenvalue weighted by Crippen LogP contribution is -2.23. The first kappa shape index (κ1) is 27.0. The van der Waals surface area contributed by atoms with Crippen molar-refractivity contribution in [3.8, 4) is 0 Å². The summed E-state index contributed by atoms with van der Waals surface area (Å²) in [6.45, 7) is 11.5. The van der Waals surface area contributed by atoms with Crippen molar-refractivity contribution in [1.29, 1.82) is 0 Å². The Morgan fingerprint density at radius 2 is 1.60 bits per heavy atom. The van der Waals surface area contributed by atoms with Crippen LogP contribution in [0.1, 0.15) is 81.4 Å². The summed E-state index contributed by atoms with van der Waals surface area (Å²) in [5, 5.41) is 13.0. The van der Waals surface area contributed by atoms with Gasteiger partial charge >= 0.3 is 0 Å². The number of nitrogens with one attached hydrogen (secondary N) is 1. The number of para-hydroxylation sites is 1. The first-order valence-electron chi connectivity index (χ1n) is 12.4. The molecule has 0 saturated carbocycles. The molecular formula is C28H39N5OS. The van der Waals surface area contributed by atoms with Gasteiger partial charge in [0, 0.05) is 5.69 Å². The molecule has 1 amide bonds. The molecule has 1 heterocycles. The van der Waals surface area contributed by atoms with Crippen LogP contribution in [0.4, 0.5) is 5.69 Å². The van der Waals surface area contributed by atoms with Crippen LogP contribution < -0.4 is 5.32 Å². The van der Waals surface area contributed by atoms with Crippen LogP contribution in [0.3, 0.4) is 0 Å². The standard InChI is InChI=1S/C28H39N5OS/c1-8-24(32(6)7)27-30-31-28(33(27)17-21-13-10-9-11-14-21)35-18-25(34)29-26-22(19(2)3)15-12-16-23(26)20(4)5/h9-16,19-20,24H,8,17-18H2,1-7H3,(H,29,34). The van der Waals surface area contributed by atoms with E-state index in [1.54, 1.807) is 0 Å². The van der Waals surface area contributed by atoms with Gasteiger partial charge in [-0.3, -0.25) is 9.69 Å². The number of aromatic nitrogens is 3. The first-order valence-corrected chi connectivity index (χ1v) is 13.4. The van der Waals surface area contributed by atoms with Gasteiger partial charge in [-0.05, 0) is 49.0 Å². The summed E-state index contributed by atoms with van der Waals surface area (Å²) in [4.78, 5) is 15.3. The Morgan fingerprint density at radius 1 is 0.971 bits per heavy atom. The highest BCUT2D eigenvalue weighted by Gasteiger charge is 2.23. The highest BCUT2D eigenvalue weighted by molar-refractivity contribution is 7.99. The van der Waals surface area contributed by atoms with Crippen LogP contribution in [0.5, 0.6) is 0 Å². The van der Waals surface area contributed by atoms with E-state index in [1.165, 1.54) is 28.5 Å². The van der Waals surface area contributed by atoms with Crippen molar-refractivity contribution < 1.29 is 4.79 Å². The lowest BCUT2D eigenvalue weighted by molar-refractivity contribution is -0.113. The van der Waals surface area contributed by atoms with Gasteiger partial charge in [0.2, 0.25) is 5.91 Å². The molecule has 1 atom stereocenters. The maximum Gasteiger partial charge on any atom is 0.234 e. The fraction of sp³-hybridized carbons (Fsp3) is 0.464. The van der Waals surface area contributed by atoms with Gasteiger partial charge in [0.1, 0.15) is 0 Å². The molecule has 0 bridgehead atoms. The Balaban J connectivity index is 1.83. The highest BCUT2D eigenvalue weighted by Crippen LogP contribution is 2.33. The minimum absolute atomic E-state index is 0.0273. The third-order valence-corrected chi connectivity index (χ3v) is 7.17. The quantitative estimate of drug-likeness (QED) is 0.317. The van der Waals surface area contributed by atoms with E-state index < -0.39 is 0 Å². The van der Waals surface area contributed by atoms with E-state index >= 15 is 0 Å². The third kappa shape index (κ3) is 6.73. The summed E-state index contributed by atoms with van der Waals surface area (Å²) in [7, 11) is 4.13. The fourth-order valence-corrected chi connectivity index (χ4v) is 5.09. The normalized spacial score (nSPS) is 12.5. The zero-order chi connectivity index (χ0) is 25.5. The van der Waals surface area contributed by atoms with Crippen molar-refractivity contribution in [2.45, 2.75) is 70.6 Å². The molecule has 35 heavy (non-hydrogen) atoms. The predicted octanol–water partition coefficient (Wildman–Crippen LogP) is 6.32. The average molecular weight is 494 g/mol. The number of carbonyl (C=O) groups excluding carboxylic acids is 1. The minimum atomic E-state index is -0.0273. The SMILES string of the molecule is CCC(c1nnc(SCC(=O)Nc2c(C(C)C)cccc2C(C)C)n1Cc1ccccc1)N(C)C. The Labute approximate surface area is 214 Å². The van der Waals surface area contributed by atoms with Gasteiger partial charge in [0.05, 0.1) is 18.3 Å². The molecule has 0 saturated heterocycles. The van der Waals surface area contributed by atoms with Crippen molar-refractivity contribution in [1.82, 2.24) is 19.7 Å². The number of rotatable bonds is 11. The summed E-state index contributed by atoms with van der Waals surface area (Å²) in [5.74, 6) is 1.82. The van der Waals surface area contributed by atoms with Crippen LogP contribution >= 0.6 is 11.8 Å². The van der Waals surface area contributed by atoms with Crippen molar-refractivity contribution in [3.05, 3.63) is 71.0 Å². The molecule has 0 aliphatic rings. The largest absolute Gasteiger partial charge is 0.325 e. The van der Waals surface area contributed by atoms with Gasteiger partial charge in [-0.2, -0.15) is 0 Å². The van der Waals surface area contributed by atoms with Crippen LogP contribution in [0, 0.1) is 0 Å². The molecule has 0 aliphatic heterocycles. The van der Waals surface area contributed by atoms with E-state index in [2.05, 4.69) is 104 Å². The van der Waals surface area contributed by atoms with Gasteiger partial charge < -0.3 is 9.88 Å². The molecular weight excluding hydrogens is 454 g/mol. The monoisotopic (exact) mass is 493 g/mol. The Hall–Kier alpha value is -2.64. The minimum Gasteiger partial charge on any atom is -0.325 e. The maximum atomic E-state index is 13.1. The number of thioether (sulfide) groups is 1. The van der Waals surface area contributed by atoms with E-state index in [1.807, 2.05) is 18.2 Å². The van der Waals surface area contributed by atoms with E-state index in [0.29, 0.717) is 18.4 Å². The molecule has 0 spiro atoms. The molecule has 0 radical (unpaired) electrons. The van der Waals surface area contributed by atoms with E-state index in [0.717, 1.165) is 23.1 Å². The van der Waals surface area contributed by atoms with Crippen molar-refractivity contribution in [2.24, 2.45) is 0 Å². The van der Waals surface area contributed by atoms with Crippen LogP contribution in [0.15, 0.2) is 53.7 Å². The lowest BCUT2D eigenvalue weighted by Gasteiger charge is -2.23. The number of amides is 1. The summed E-state index contributed by atoms with van der Waals surface area (Å²) in [5.41, 5.74) is 4.47. The zero-order valence-electron chi connectivity index (χ0n) is 22.1. The average Bonchev–Trinajstić information content (AvgIpc) is 3.20. The summed E-state index contributed by atoms with van der Waals surface area (Å²) < 4.78 is 2.16. The lowest BCUT2D eigenvalue weighted by atomic mass is 9.92. The molecule has 1 N–H and O–H groups in total. The van der Waals surface area contributed by atoms with Crippen LogP contribution in [-0.2, 0) is 11.3 Å². The molecule has 2 aromatic carbocycles. The second kappa shape index (κ2) is 12.4. The molecule has 0 aliphatic carbocycles. The van der Waals surface area contributed by atoms with Crippen molar-refractivity contribution >= 4 is 23.4 Å². The molecule has 1 unspecified atom stereocenters. The second-order valence-electron chi connectivity index (χ2n) is 9.76.